The van der Waals surface area contributed by atoms with Crippen LogP contribution in [0.5, 0.6) is 11.5 Å². The Hall–Kier alpha value is -2.80. The number of hydrogen-bond donors (Lipinski definition) is 2. The van der Waals surface area contributed by atoms with Crippen LogP contribution in [0.1, 0.15) is 11.1 Å². The van der Waals surface area contributed by atoms with Crippen LogP contribution in [0.25, 0.3) is 0 Å². The number of ether oxygens (including phenoxy) is 2. The second-order valence-corrected chi connectivity index (χ2v) is 5.62. The summed E-state index contributed by atoms with van der Waals surface area (Å²) in [5.74, 6) is 1.23. The third kappa shape index (κ3) is 4.39. The first-order valence-corrected chi connectivity index (χ1v) is 7.86. The minimum Gasteiger partial charge on any atom is -0.493 e. The maximum atomic E-state index is 13.0. The molecule has 3 aromatic rings. The van der Waals surface area contributed by atoms with E-state index in [0.717, 1.165) is 11.1 Å². The van der Waals surface area contributed by atoms with E-state index in [1.165, 1.54) is 18.5 Å². The average Bonchev–Trinajstić information content (AvgIpc) is 3.13. The quantitative estimate of drug-likeness (QED) is 0.669. The normalized spacial score (nSPS) is 10.5. The summed E-state index contributed by atoms with van der Waals surface area (Å²) in [7, 11) is 1.55. The Morgan fingerprint density at radius 2 is 2.00 bits per heavy atom. The van der Waals surface area contributed by atoms with Gasteiger partial charge in [0.25, 0.3) is 0 Å². The Bertz CT molecular complexity index is 825. The summed E-state index contributed by atoms with van der Waals surface area (Å²) in [6.45, 7) is 0.746. The van der Waals surface area contributed by atoms with Crippen LogP contribution in [-0.2, 0) is 13.2 Å². The average molecular weight is 363 g/mol. The molecule has 1 aromatic heterocycles. The smallest absolute Gasteiger partial charge is 0.218 e. The number of hydrogen-bond acceptors (Lipinski definition) is 5. The summed E-state index contributed by atoms with van der Waals surface area (Å²) >= 11 is 6.34. The molecule has 0 unspecified atom stereocenters. The first-order chi connectivity index (χ1) is 12.2. The molecule has 0 saturated heterocycles. The summed E-state index contributed by atoms with van der Waals surface area (Å²) in [4.78, 5) is 3.99. The SMILES string of the molecule is COc1cc(CNc2ncn[nH]2)cc(Cl)c1OCc1ccc(F)cc1. The number of aromatic nitrogens is 3. The van der Waals surface area contributed by atoms with E-state index >= 15 is 0 Å². The minimum absolute atomic E-state index is 0.256. The van der Waals surface area contributed by atoms with Crippen molar-refractivity contribution in [1.82, 2.24) is 15.2 Å². The number of halogens is 2. The largest absolute Gasteiger partial charge is 0.493 e. The van der Waals surface area contributed by atoms with E-state index in [0.29, 0.717) is 29.0 Å². The number of aromatic amines is 1. The van der Waals surface area contributed by atoms with E-state index in [4.69, 9.17) is 21.1 Å². The summed E-state index contributed by atoms with van der Waals surface area (Å²) in [6.07, 6.45) is 1.42. The van der Waals surface area contributed by atoms with E-state index in [2.05, 4.69) is 20.5 Å². The molecular weight excluding hydrogens is 347 g/mol. The van der Waals surface area contributed by atoms with Crippen LogP contribution >= 0.6 is 11.6 Å². The molecule has 2 aromatic carbocycles. The molecule has 0 aliphatic heterocycles. The van der Waals surface area contributed by atoms with Crippen molar-refractivity contribution in [2.24, 2.45) is 0 Å². The Morgan fingerprint density at radius 3 is 2.68 bits per heavy atom. The van der Waals surface area contributed by atoms with Crippen molar-refractivity contribution in [2.45, 2.75) is 13.2 Å². The highest BCUT2D eigenvalue weighted by molar-refractivity contribution is 6.32. The molecule has 0 amide bonds. The zero-order valence-electron chi connectivity index (χ0n) is 13.4. The van der Waals surface area contributed by atoms with Gasteiger partial charge >= 0.3 is 0 Å². The van der Waals surface area contributed by atoms with Crippen molar-refractivity contribution in [1.29, 1.82) is 0 Å². The lowest BCUT2D eigenvalue weighted by Crippen LogP contribution is -2.03. The molecule has 25 heavy (non-hydrogen) atoms. The van der Waals surface area contributed by atoms with Gasteiger partial charge in [0.15, 0.2) is 11.5 Å². The lowest BCUT2D eigenvalue weighted by atomic mass is 10.2. The molecule has 2 N–H and O–H groups in total. The van der Waals surface area contributed by atoms with Crippen LogP contribution in [0, 0.1) is 5.82 Å². The number of rotatable bonds is 7. The molecule has 8 heteroatoms. The lowest BCUT2D eigenvalue weighted by molar-refractivity contribution is 0.284. The van der Waals surface area contributed by atoms with Gasteiger partial charge in [0.1, 0.15) is 18.8 Å². The van der Waals surface area contributed by atoms with Crippen LogP contribution in [0.4, 0.5) is 10.3 Å². The maximum Gasteiger partial charge on any atom is 0.218 e. The fourth-order valence-electron chi connectivity index (χ4n) is 2.23. The lowest BCUT2D eigenvalue weighted by Gasteiger charge is -2.14. The number of nitrogens with one attached hydrogen (secondary N) is 2. The van der Waals surface area contributed by atoms with E-state index < -0.39 is 0 Å². The molecule has 0 fully saturated rings. The number of methoxy groups -OCH3 is 1. The number of H-pyrrole nitrogens is 1. The van der Waals surface area contributed by atoms with Crippen molar-refractivity contribution in [3.05, 3.63) is 64.7 Å². The van der Waals surface area contributed by atoms with Gasteiger partial charge in [0.2, 0.25) is 5.95 Å². The van der Waals surface area contributed by atoms with Gasteiger partial charge in [-0.1, -0.05) is 23.7 Å². The van der Waals surface area contributed by atoms with Gasteiger partial charge in [-0.3, -0.25) is 0 Å². The second kappa shape index (κ2) is 7.85. The molecule has 0 saturated carbocycles. The molecule has 6 nitrogen and oxygen atoms in total. The molecule has 0 atom stereocenters. The van der Waals surface area contributed by atoms with Gasteiger partial charge < -0.3 is 14.8 Å². The van der Waals surface area contributed by atoms with Crippen molar-refractivity contribution in [3.8, 4) is 11.5 Å². The number of benzene rings is 2. The van der Waals surface area contributed by atoms with E-state index in [1.807, 2.05) is 6.07 Å². The molecule has 0 aliphatic rings. The number of nitrogens with zero attached hydrogens (tertiary/aromatic N) is 2. The van der Waals surface area contributed by atoms with E-state index in [-0.39, 0.29) is 12.4 Å². The molecule has 0 spiro atoms. The van der Waals surface area contributed by atoms with Gasteiger partial charge in [0.05, 0.1) is 12.1 Å². The molecule has 0 aliphatic carbocycles. The predicted molar refractivity (Wildman–Crippen MR) is 92.4 cm³/mol. The molecule has 130 valence electrons. The zero-order valence-corrected chi connectivity index (χ0v) is 14.2. The molecule has 0 bridgehead atoms. The van der Waals surface area contributed by atoms with Crippen molar-refractivity contribution in [2.75, 3.05) is 12.4 Å². The summed E-state index contributed by atoms with van der Waals surface area (Å²) in [5, 5.41) is 9.99. The Kier molecular flexibility index (Phi) is 5.35. The third-order valence-corrected chi connectivity index (χ3v) is 3.74. The highest BCUT2D eigenvalue weighted by Gasteiger charge is 2.13. The van der Waals surface area contributed by atoms with Crippen LogP contribution < -0.4 is 14.8 Å². The summed E-state index contributed by atoms with van der Waals surface area (Å²) in [5.41, 5.74) is 1.72. The fraction of sp³-hybridized carbons (Fsp3) is 0.176. The highest BCUT2D eigenvalue weighted by atomic mass is 35.5. The Balaban J connectivity index is 1.71. The van der Waals surface area contributed by atoms with Crippen LogP contribution in [0.15, 0.2) is 42.7 Å². The molecule has 0 radical (unpaired) electrons. The fourth-order valence-corrected chi connectivity index (χ4v) is 2.52. The topological polar surface area (TPSA) is 72.1 Å². The third-order valence-electron chi connectivity index (χ3n) is 3.46. The van der Waals surface area contributed by atoms with Crippen LogP contribution in [-0.4, -0.2) is 22.3 Å². The first kappa shape index (κ1) is 17.0. The molecule has 1 heterocycles. The Morgan fingerprint density at radius 1 is 1.20 bits per heavy atom. The van der Waals surface area contributed by atoms with Gasteiger partial charge in [-0.25, -0.2) is 14.5 Å². The van der Waals surface area contributed by atoms with Gasteiger partial charge in [-0.15, -0.1) is 0 Å². The molecular formula is C17H16ClFN4O2. The van der Waals surface area contributed by atoms with Crippen LogP contribution in [0.3, 0.4) is 0 Å². The van der Waals surface area contributed by atoms with Crippen molar-refractivity contribution in [3.63, 3.8) is 0 Å². The van der Waals surface area contributed by atoms with Crippen molar-refractivity contribution < 1.29 is 13.9 Å². The number of anilines is 1. The van der Waals surface area contributed by atoms with E-state index in [1.54, 1.807) is 25.3 Å². The van der Waals surface area contributed by atoms with Gasteiger partial charge in [0, 0.05) is 6.54 Å². The first-order valence-electron chi connectivity index (χ1n) is 7.48. The minimum atomic E-state index is -0.289. The summed E-state index contributed by atoms with van der Waals surface area (Å²) in [6, 6.07) is 9.70. The standard InChI is InChI=1S/C17H16ClFN4O2/c1-24-15-7-12(8-20-17-21-10-22-23-17)6-14(18)16(15)25-9-11-2-4-13(19)5-3-11/h2-7,10H,8-9H2,1H3,(H2,20,21,22,23). The predicted octanol–water partition coefficient (Wildman–Crippen LogP) is 3.80. The maximum absolute atomic E-state index is 13.0. The van der Waals surface area contributed by atoms with Gasteiger partial charge in [-0.2, -0.15) is 5.10 Å². The van der Waals surface area contributed by atoms with Crippen LogP contribution in [0.2, 0.25) is 5.02 Å². The van der Waals surface area contributed by atoms with Gasteiger partial charge in [-0.05, 0) is 35.4 Å². The highest BCUT2D eigenvalue weighted by Crippen LogP contribution is 2.37. The van der Waals surface area contributed by atoms with Crippen molar-refractivity contribution >= 4 is 17.5 Å². The Labute approximate surface area is 149 Å². The molecule has 3 rings (SSSR count). The second-order valence-electron chi connectivity index (χ2n) is 5.21. The van der Waals surface area contributed by atoms with E-state index in [9.17, 15) is 4.39 Å². The monoisotopic (exact) mass is 362 g/mol. The zero-order chi connectivity index (χ0) is 17.6. The summed E-state index contributed by atoms with van der Waals surface area (Å²) < 4.78 is 24.1.